The standard InChI is InChI=1S/C9H11Cl2N/c1-6(12)5-7-8(10)3-2-4-9(7)11/h2-4,6H,5,12H2,1H3/t6-/m0/s1. The summed E-state index contributed by atoms with van der Waals surface area (Å²) in [6, 6.07) is 5.56. The maximum atomic E-state index is 5.93. The molecule has 2 N–H and O–H groups in total. The maximum absolute atomic E-state index is 5.93. The first-order valence-corrected chi connectivity index (χ1v) is 4.55. The lowest BCUT2D eigenvalue weighted by Gasteiger charge is -2.08. The molecule has 1 rings (SSSR count). The number of hydrogen-bond acceptors (Lipinski definition) is 1. The van der Waals surface area contributed by atoms with E-state index >= 15 is 0 Å². The Labute approximate surface area is 82.5 Å². The molecule has 0 aliphatic carbocycles. The van der Waals surface area contributed by atoms with E-state index in [0.29, 0.717) is 10.0 Å². The highest BCUT2D eigenvalue weighted by molar-refractivity contribution is 6.35. The molecular formula is C9H11Cl2N. The molecule has 1 aromatic rings. The summed E-state index contributed by atoms with van der Waals surface area (Å²) in [5, 5.41) is 1.39. The highest BCUT2D eigenvalue weighted by atomic mass is 35.5. The Morgan fingerprint density at radius 2 is 1.83 bits per heavy atom. The summed E-state index contributed by atoms with van der Waals surface area (Å²) >= 11 is 11.9. The van der Waals surface area contributed by atoms with Crippen LogP contribution in [0.2, 0.25) is 10.0 Å². The van der Waals surface area contributed by atoms with Gasteiger partial charge in [-0.1, -0.05) is 29.3 Å². The topological polar surface area (TPSA) is 26.0 Å². The molecule has 0 radical (unpaired) electrons. The minimum atomic E-state index is 0.0856. The molecule has 0 aliphatic rings. The summed E-state index contributed by atoms with van der Waals surface area (Å²) in [4.78, 5) is 0. The fraction of sp³-hybridized carbons (Fsp3) is 0.333. The van der Waals surface area contributed by atoms with Crippen LogP contribution in [0.25, 0.3) is 0 Å². The molecule has 1 nitrogen and oxygen atoms in total. The predicted octanol–water partition coefficient (Wildman–Crippen LogP) is 2.88. The van der Waals surface area contributed by atoms with E-state index < -0.39 is 0 Å². The second kappa shape index (κ2) is 4.13. The van der Waals surface area contributed by atoms with Crippen molar-refractivity contribution in [3.63, 3.8) is 0 Å². The van der Waals surface area contributed by atoms with Crippen LogP contribution in [0.3, 0.4) is 0 Å². The summed E-state index contributed by atoms with van der Waals surface area (Å²) in [5.74, 6) is 0. The van der Waals surface area contributed by atoms with Gasteiger partial charge in [-0.3, -0.25) is 0 Å². The van der Waals surface area contributed by atoms with Crippen molar-refractivity contribution in [2.45, 2.75) is 19.4 Å². The van der Waals surface area contributed by atoms with E-state index in [1.165, 1.54) is 0 Å². The fourth-order valence-corrected chi connectivity index (χ4v) is 1.60. The molecule has 0 saturated heterocycles. The van der Waals surface area contributed by atoms with Crippen molar-refractivity contribution in [1.82, 2.24) is 0 Å². The summed E-state index contributed by atoms with van der Waals surface area (Å²) in [5.41, 5.74) is 6.59. The van der Waals surface area contributed by atoms with Gasteiger partial charge < -0.3 is 5.73 Å². The van der Waals surface area contributed by atoms with E-state index in [1.807, 2.05) is 25.1 Å². The molecule has 0 spiro atoms. The lowest BCUT2D eigenvalue weighted by Crippen LogP contribution is -2.18. The Balaban J connectivity index is 2.96. The number of benzene rings is 1. The van der Waals surface area contributed by atoms with Crippen molar-refractivity contribution < 1.29 is 0 Å². The number of hydrogen-bond donors (Lipinski definition) is 1. The van der Waals surface area contributed by atoms with Crippen molar-refractivity contribution in [3.8, 4) is 0 Å². The summed E-state index contributed by atoms with van der Waals surface area (Å²) in [6.45, 7) is 1.93. The van der Waals surface area contributed by atoms with Crippen molar-refractivity contribution in [1.29, 1.82) is 0 Å². The summed E-state index contributed by atoms with van der Waals surface area (Å²) in [7, 11) is 0. The molecule has 0 aliphatic heterocycles. The van der Waals surface area contributed by atoms with Gasteiger partial charge in [-0.25, -0.2) is 0 Å². The predicted molar refractivity (Wildman–Crippen MR) is 53.8 cm³/mol. The number of rotatable bonds is 2. The minimum absolute atomic E-state index is 0.0856. The molecule has 3 heteroatoms. The smallest absolute Gasteiger partial charge is 0.0453 e. The van der Waals surface area contributed by atoms with Crippen LogP contribution in [0.4, 0.5) is 0 Å². The van der Waals surface area contributed by atoms with E-state index in [9.17, 15) is 0 Å². The summed E-state index contributed by atoms with van der Waals surface area (Å²) in [6.07, 6.45) is 0.721. The normalized spacial score (nSPS) is 13.0. The number of halogens is 2. The van der Waals surface area contributed by atoms with Gasteiger partial charge in [-0.15, -0.1) is 0 Å². The second-order valence-corrected chi connectivity index (χ2v) is 3.70. The number of nitrogens with two attached hydrogens (primary N) is 1. The van der Waals surface area contributed by atoms with Crippen LogP contribution in [-0.2, 0) is 6.42 Å². The maximum Gasteiger partial charge on any atom is 0.0453 e. The zero-order valence-electron chi connectivity index (χ0n) is 6.85. The van der Waals surface area contributed by atoms with Crippen molar-refractivity contribution in [2.24, 2.45) is 5.73 Å². The molecular weight excluding hydrogens is 193 g/mol. The van der Waals surface area contributed by atoms with Gasteiger partial charge in [0.05, 0.1) is 0 Å². The van der Waals surface area contributed by atoms with E-state index in [4.69, 9.17) is 28.9 Å². The lowest BCUT2D eigenvalue weighted by molar-refractivity contribution is 0.738. The third-order valence-corrected chi connectivity index (χ3v) is 2.30. The van der Waals surface area contributed by atoms with E-state index in [-0.39, 0.29) is 6.04 Å². The molecule has 12 heavy (non-hydrogen) atoms. The Kier molecular flexibility index (Phi) is 3.39. The van der Waals surface area contributed by atoms with Gasteiger partial charge in [-0.05, 0) is 31.0 Å². The van der Waals surface area contributed by atoms with Gasteiger partial charge in [0.1, 0.15) is 0 Å². The Morgan fingerprint density at radius 1 is 1.33 bits per heavy atom. The van der Waals surface area contributed by atoms with Crippen LogP contribution in [0, 0.1) is 0 Å². The average Bonchev–Trinajstić information content (AvgIpc) is 1.97. The van der Waals surface area contributed by atoms with Gasteiger partial charge in [0.25, 0.3) is 0 Å². The first-order chi connectivity index (χ1) is 5.61. The van der Waals surface area contributed by atoms with E-state index in [1.54, 1.807) is 0 Å². The van der Waals surface area contributed by atoms with Gasteiger partial charge >= 0.3 is 0 Å². The average molecular weight is 204 g/mol. The largest absolute Gasteiger partial charge is 0.328 e. The SMILES string of the molecule is C[C@H](N)Cc1c(Cl)cccc1Cl. The van der Waals surface area contributed by atoms with Crippen LogP contribution in [0.15, 0.2) is 18.2 Å². The third kappa shape index (κ3) is 2.37. The molecule has 0 saturated carbocycles. The van der Waals surface area contributed by atoms with E-state index in [0.717, 1.165) is 12.0 Å². The van der Waals surface area contributed by atoms with Crippen LogP contribution >= 0.6 is 23.2 Å². The summed E-state index contributed by atoms with van der Waals surface area (Å²) < 4.78 is 0. The zero-order valence-corrected chi connectivity index (χ0v) is 8.36. The quantitative estimate of drug-likeness (QED) is 0.787. The molecule has 0 unspecified atom stereocenters. The molecule has 1 aromatic carbocycles. The molecule has 66 valence electrons. The fourth-order valence-electron chi connectivity index (χ4n) is 1.05. The van der Waals surface area contributed by atoms with Gasteiger partial charge in [-0.2, -0.15) is 0 Å². The first kappa shape index (κ1) is 9.85. The molecule has 0 heterocycles. The van der Waals surface area contributed by atoms with Gasteiger partial charge in [0, 0.05) is 16.1 Å². The molecule has 0 bridgehead atoms. The van der Waals surface area contributed by atoms with Crippen molar-refractivity contribution >= 4 is 23.2 Å². The van der Waals surface area contributed by atoms with Crippen LogP contribution in [0.5, 0.6) is 0 Å². The van der Waals surface area contributed by atoms with Crippen LogP contribution in [0.1, 0.15) is 12.5 Å². The van der Waals surface area contributed by atoms with E-state index in [2.05, 4.69) is 0 Å². The van der Waals surface area contributed by atoms with Gasteiger partial charge in [0.15, 0.2) is 0 Å². The Morgan fingerprint density at radius 3 is 2.25 bits per heavy atom. The molecule has 1 atom stereocenters. The highest BCUT2D eigenvalue weighted by Gasteiger charge is 2.06. The minimum Gasteiger partial charge on any atom is -0.328 e. The molecule has 0 aromatic heterocycles. The van der Waals surface area contributed by atoms with Crippen LogP contribution in [-0.4, -0.2) is 6.04 Å². The Hall–Kier alpha value is -0.240. The van der Waals surface area contributed by atoms with Gasteiger partial charge in [0.2, 0.25) is 0 Å². The first-order valence-electron chi connectivity index (χ1n) is 3.79. The second-order valence-electron chi connectivity index (χ2n) is 2.88. The lowest BCUT2D eigenvalue weighted by atomic mass is 10.1. The Bertz CT molecular complexity index is 251. The monoisotopic (exact) mass is 203 g/mol. The molecule has 0 amide bonds. The van der Waals surface area contributed by atoms with Crippen molar-refractivity contribution in [2.75, 3.05) is 0 Å². The van der Waals surface area contributed by atoms with Crippen LogP contribution < -0.4 is 5.73 Å². The zero-order chi connectivity index (χ0) is 9.14. The third-order valence-electron chi connectivity index (χ3n) is 1.59. The molecule has 0 fully saturated rings. The highest BCUT2D eigenvalue weighted by Crippen LogP contribution is 2.24. The van der Waals surface area contributed by atoms with Crippen molar-refractivity contribution in [3.05, 3.63) is 33.8 Å².